The van der Waals surface area contributed by atoms with Gasteiger partial charge >= 0.3 is 0 Å². The Morgan fingerprint density at radius 2 is 2.15 bits per heavy atom. The summed E-state index contributed by atoms with van der Waals surface area (Å²) in [6.07, 6.45) is 2.79. The fourth-order valence-electron chi connectivity index (χ4n) is 3.03. The normalized spacial score (nSPS) is 14.2. The van der Waals surface area contributed by atoms with Gasteiger partial charge in [0, 0.05) is 24.3 Å². The molecule has 1 aliphatic rings. The highest BCUT2D eigenvalue weighted by atomic mass is 32.1. The van der Waals surface area contributed by atoms with E-state index in [2.05, 4.69) is 10.3 Å². The lowest BCUT2D eigenvalue weighted by Crippen LogP contribution is -2.28. The van der Waals surface area contributed by atoms with E-state index >= 15 is 0 Å². The Hall–Kier alpha value is -3.00. The van der Waals surface area contributed by atoms with E-state index in [1.807, 2.05) is 6.07 Å². The van der Waals surface area contributed by atoms with Crippen LogP contribution in [-0.4, -0.2) is 27.9 Å². The van der Waals surface area contributed by atoms with Gasteiger partial charge in [-0.2, -0.15) is 0 Å². The molecule has 2 amide bonds. The van der Waals surface area contributed by atoms with Crippen molar-refractivity contribution >= 4 is 44.7 Å². The molecule has 3 aromatic rings. The Labute approximate surface area is 152 Å². The molecular formula is C18H16N4O3S. The van der Waals surface area contributed by atoms with Crippen molar-refractivity contribution in [2.45, 2.75) is 19.4 Å². The Kier molecular flexibility index (Phi) is 4.26. The molecule has 3 heterocycles. The highest BCUT2D eigenvalue weighted by molar-refractivity contribution is 7.16. The van der Waals surface area contributed by atoms with E-state index in [1.165, 1.54) is 22.2 Å². The average molecular weight is 368 g/mol. The molecule has 132 valence electrons. The molecule has 1 saturated heterocycles. The fraction of sp³-hybridized carbons (Fsp3) is 0.222. The zero-order valence-corrected chi connectivity index (χ0v) is 14.7. The molecule has 0 bridgehead atoms. The monoisotopic (exact) mass is 368 g/mol. The van der Waals surface area contributed by atoms with Crippen molar-refractivity contribution in [1.82, 2.24) is 9.55 Å². The predicted molar refractivity (Wildman–Crippen MR) is 101 cm³/mol. The standard InChI is InChI=1S/C18H16N4O3S/c23-15(10-21-11-19-17-14(18(21)25)6-8-26-17)20-12-3-1-4-13(9-12)22-7-2-5-16(22)24/h1,3-4,6,8-9,11H,2,5,7,10H2,(H,20,23). The molecule has 8 heteroatoms. The molecule has 0 saturated carbocycles. The molecule has 1 fully saturated rings. The van der Waals surface area contributed by atoms with Crippen LogP contribution in [0.25, 0.3) is 10.2 Å². The van der Waals surface area contributed by atoms with Gasteiger partial charge in [-0.05, 0) is 36.1 Å². The van der Waals surface area contributed by atoms with Crippen LogP contribution < -0.4 is 15.8 Å². The van der Waals surface area contributed by atoms with Gasteiger partial charge in [0.25, 0.3) is 5.56 Å². The van der Waals surface area contributed by atoms with Gasteiger partial charge in [-0.25, -0.2) is 4.98 Å². The summed E-state index contributed by atoms with van der Waals surface area (Å²) in [5.74, 6) is -0.233. The molecule has 4 rings (SSSR count). The molecule has 0 spiro atoms. The minimum atomic E-state index is -0.326. The third kappa shape index (κ3) is 3.11. The number of aromatic nitrogens is 2. The first-order chi connectivity index (χ1) is 12.6. The number of thiophene rings is 1. The van der Waals surface area contributed by atoms with Crippen LogP contribution in [0.1, 0.15) is 12.8 Å². The lowest BCUT2D eigenvalue weighted by molar-refractivity contribution is -0.117. The summed E-state index contributed by atoms with van der Waals surface area (Å²) >= 11 is 1.39. The van der Waals surface area contributed by atoms with Gasteiger partial charge in [0.05, 0.1) is 11.7 Å². The van der Waals surface area contributed by atoms with Crippen molar-refractivity contribution in [3.05, 3.63) is 52.4 Å². The van der Waals surface area contributed by atoms with Crippen LogP contribution >= 0.6 is 11.3 Å². The second kappa shape index (κ2) is 6.72. The molecule has 2 aromatic heterocycles. The summed E-state index contributed by atoms with van der Waals surface area (Å²) < 4.78 is 1.29. The molecule has 1 aromatic carbocycles. The van der Waals surface area contributed by atoms with Crippen molar-refractivity contribution in [3.63, 3.8) is 0 Å². The lowest BCUT2D eigenvalue weighted by Gasteiger charge is -2.16. The quantitative estimate of drug-likeness (QED) is 0.765. The molecule has 1 aliphatic heterocycles. The molecule has 7 nitrogen and oxygen atoms in total. The van der Waals surface area contributed by atoms with Gasteiger partial charge in [0.2, 0.25) is 11.8 Å². The number of carbonyl (C=O) groups excluding carboxylic acids is 2. The number of hydrogen-bond acceptors (Lipinski definition) is 5. The minimum Gasteiger partial charge on any atom is -0.324 e. The zero-order chi connectivity index (χ0) is 18.1. The number of benzene rings is 1. The minimum absolute atomic E-state index is 0.0927. The summed E-state index contributed by atoms with van der Waals surface area (Å²) in [6, 6.07) is 8.87. The van der Waals surface area contributed by atoms with Gasteiger partial charge in [-0.15, -0.1) is 11.3 Å². The van der Waals surface area contributed by atoms with Crippen LogP contribution in [-0.2, 0) is 16.1 Å². The number of carbonyl (C=O) groups is 2. The van der Waals surface area contributed by atoms with Crippen molar-refractivity contribution < 1.29 is 9.59 Å². The number of hydrogen-bond donors (Lipinski definition) is 1. The molecular weight excluding hydrogens is 352 g/mol. The highest BCUT2D eigenvalue weighted by Gasteiger charge is 2.21. The zero-order valence-electron chi connectivity index (χ0n) is 13.8. The molecule has 26 heavy (non-hydrogen) atoms. The van der Waals surface area contributed by atoms with E-state index in [1.54, 1.807) is 34.5 Å². The Morgan fingerprint density at radius 3 is 2.96 bits per heavy atom. The van der Waals surface area contributed by atoms with E-state index in [0.717, 1.165) is 12.1 Å². The van der Waals surface area contributed by atoms with Gasteiger partial charge < -0.3 is 10.2 Å². The van der Waals surface area contributed by atoms with Gasteiger partial charge in [0.15, 0.2) is 0 Å². The van der Waals surface area contributed by atoms with E-state index in [4.69, 9.17) is 0 Å². The van der Waals surface area contributed by atoms with Gasteiger partial charge in [0.1, 0.15) is 11.4 Å². The van der Waals surface area contributed by atoms with E-state index in [9.17, 15) is 14.4 Å². The largest absolute Gasteiger partial charge is 0.324 e. The topological polar surface area (TPSA) is 84.3 Å². The molecule has 1 N–H and O–H groups in total. The fourth-order valence-corrected chi connectivity index (χ4v) is 3.76. The number of nitrogens with zero attached hydrogens (tertiary/aromatic N) is 3. The summed E-state index contributed by atoms with van der Waals surface area (Å²) in [5, 5.41) is 5.09. The lowest BCUT2D eigenvalue weighted by atomic mass is 10.2. The maximum Gasteiger partial charge on any atom is 0.262 e. The van der Waals surface area contributed by atoms with Crippen molar-refractivity contribution in [1.29, 1.82) is 0 Å². The summed E-state index contributed by atoms with van der Waals surface area (Å²) in [6.45, 7) is 0.572. The third-order valence-corrected chi connectivity index (χ3v) is 5.10. The number of fused-ring (bicyclic) bond motifs is 1. The second-order valence-corrected chi connectivity index (χ2v) is 6.96. The first-order valence-electron chi connectivity index (χ1n) is 8.25. The Balaban J connectivity index is 1.50. The van der Waals surface area contributed by atoms with Crippen LogP contribution in [0.5, 0.6) is 0 Å². The van der Waals surface area contributed by atoms with Crippen LogP contribution in [0.4, 0.5) is 11.4 Å². The maximum atomic E-state index is 12.3. The third-order valence-electron chi connectivity index (χ3n) is 4.28. The van der Waals surface area contributed by atoms with E-state index in [0.29, 0.717) is 28.9 Å². The van der Waals surface area contributed by atoms with Gasteiger partial charge in [-0.3, -0.25) is 19.0 Å². The molecule has 0 atom stereocenters. The summed E-state index contributed by atoms with van der Waals surface area (Å²) in [7, 11) is 0. The van der Waals surface area contributed by atoms with Gasteiger partial charge in [-0.1, -0.05) is 6.07 Å². The van der Waals surface area contributed by atoms with Crippen LogP contribution in [0.3, 0.4) is 0 Å². The first-order valence-corrected chi connectivity index (χ1v) is 9.13. The summed E-state index contributed by atoms with van der Waals surface area (Å²) in [4.78, 5) is 43.1. The molecule has 0 aliphatic carbocycles. The number of nitrogens with one attached hydrogen (secondary N) is 1. The predicted octanol–water partition coefficient (Wildman–Crippen LogP) is 2.22. The second-order valence-electron chi connectivity index (χ2n) is 6.06. The number of amides is 2. The molecule has 0 unspecified atom stereocenters. The van der Waals surface area contributed by atoms with Crippen molar-refractivity contribution in [2.75, 3.05) is 16.8 Å². The van der Waals surface area contributed by atoms with Crippen LogP contribution in [0, 0.1) is 0 Å². The van der Waals surface area contributed by atoms with Crippen molar-refractivity contribution in [3.8, 4) is 0 Å². The van der Waals surface area contributed by atoms with E-state index in [-0.39, 0.29) is 23.9 Å². The summed E-state index contributed by atoms with van der Waals surface area (Å²) in [5.41, 5.74) is 1.12. The van der Waals surface area contributed by atoms with E-state index < -0.39 is 0 Å². The average Bonchev–Trinajstić information content (AvgIpc) is 3.27. The van der Waals surface area contributed by atoms with Crippen molar-refractivity contribution in [2.24, 2.45) is 0 Å². The first kappa shape index (κ1) is 16.5. The molecule has 0 radical (unpaired) electrons. The number of anilines is 2. The maximum absolute atomic E-state index is 12.3. The number of rotatable bonds is 4. The van der Waals surface area contributed by atoms with Crippen LogP contribution in [0.2, 0.25) is 0 Å². The Morgan fingerprint density at radius 1 is 1.27 bits per heavy atom. The SMILES string of the molecule is O=C(Cn1cnc2sccc2c1=O)Nc1cccc(N2CCCC2=O)c1. The Bertz CT molecular complexity index is 1060. The smallest absolute Gasteiger partial charge is 0.262 e. The highest BCUT2D eigenvalue weighted by Crippen LogP contribution is 2.24. The van der Waals surface area contributed by atoms with Crippen LogP contribution in [0.15, 0.2) is 46.8 Å².